The molecular formula is C20H17ClN2O2S. The van der Waals surface area contributed by atoms with Crippen LogP contribution in [0.4, 0.5) is 0 Å². The number of esters is 1. The number of thiazole rings is 1. The number of pyridine rings is 1. The van der Waals surface area contributed by atoms with Gasteiger partial charge in [-0.05, 0) is 54.7 Å². The molecule has 6 heteroatoms. The van der Waals surface area contributed by atoms with Gasteiger partial charge in [-0.1, -0.05) is 23.7 Å². The molecule has 1 aromatic carbocycles. The van der Waals surface area contributed by atoms with E-state index in [4.69, 9.17) is 21.3 Å². The van der Waals surface area contributed by atoms with Crippen molar-refractivity contribution in [3.05, 3.63) is 63.4 Å². The van der Waals surface area contributed by atoms with Gasteiger partial charge in [0.2, 0.25) is 0 Å². The summed E-state index contributed by atoms with van der Waals surface area (Å²) in [5.74, 6) is -0.438. The maximum atomic E-state index is 11.7. The van der Waals surface area contributed by atoms with Crippen LogP contribution in [-0.2, 0) is 11.2 Å². The fraction of sp³-hybridized carbons (Fsp3) is 0.250. The van der Waals surface area contributed by atoms with Crippen molar-refractivity contribution < 1.29 is 9.53 Å². The summed E-state index contributed by atoms with van der Waals surface area (Å²) in [5, 5.41) is 1.77. The van der Waals surface area contributed by atoms with Gasteiger partial charge in [0.1, 0.15) is 10.7 Å². The summed E-state index contributed by atoms with van der Waals surface area (Å²) in [6.45, 7) is 0. The minimum Gasteiger partial charge on any atom is -0.464 e. The van der Waals surface area contributed by atoms with E-state index in [1.165, 1.54) is 19.1 Å². The number of nitrogens with zero attached hydrogens (tertiary/aromatic N) is 2. The van der Waals surface area contributed by atoms with Crippen molar-refractivity contribution in [1.82, 2.24) is 9.97 Å². The van der Waals surface area contributed by atoms with Crippen LogP contribution in [0.3, 0.4) is 0 Å². The number of aromatic nitrogens is 2. The topological polar surface area (TPSA) is 52.1 Å². The summed E-state index contributed by atoms with van der Waals surface area (Å²) in [6.07, 6.45) is 6.25. The van der Waals surface area contributed by atoms with Gasteiger partial charge >= 0.3 is 5.97 Å². The molecule has 0 amide bonds. The zero-order valence-electron chi connectivity index (χ0n) is 14.3. The van der Waals surface area contributed by atoms with Crippen molar-refractivity contribution in [2.75, 3.05) is 7.11 Å². The summed E-state index contributed by atoms with van der Waals surface area (Å²) in [5.41, 5.74) is 4.40. The van der Waals surface area contributed by atoms with E-state index in [-0.39, 0.29) is 0 Å². The first-order chi connectivity index (χ1) is 12.6. The smallest absolute Gasteiger partial charge is 0.356 e. The minimum absolute atomic E-state index is 0.304. The number of halogens is 1. The number of carbonyl (C=O) groups excluding carboxylic acids is 1. The molecule has 3 aromatic rings. The van der Waals surface area contributed by atoms with Gasteiger partial charge in [0.15, 0.2) is 0 Å². The Morgan fingerprint density at radius 2 is 2.19 bits per heavy atom. The van der Waals surface area contributed by atoms with Crippen LogP contribution in [0.5, 0.6) is 0 Å². The summed E-state index contributed by atoms with van der Waals surface area (Å²) < 4.78 is 5.83. The van der Waals surface area contributed by atoms with Gasteiger partial charge < -0.3 is 4.74 Å². The Hall–Kier alpha value is -2.24. The molecule has 0 radical (unpaired) electrons. The zero-order chi connectivity index (χ0) is 18.1. The van der Waals surface area contributed by atoms with Gasteiger partial charge in [-0.3, -0.25) is 0 Å². The Balaban J connectivity index is 1.73. The Morgan fingerprint density at radius 1 is 1.31 bits per heavy atom. The van der Waals surface area contributed by atoms with Crippen molar-refractivity contribution in [3.63, 3.8) is 0 Å². The third kappa shape index (κ3) is 3.37. The second-order valence-corrected chi connectivity index (χ2v) is 7.70. The number of carbonyl (C=O) groups is 1. The number of hydrogen-bond acceptors (Lipinski definition) is 5. The predicted molar refractivity (Wildman–Crippen MR) is 105 cm³/mol. The van der Waals surface area contributed by atoms with E-state index in [1.807, 2.05) is 24.3 Å². The second kappa shape index (κ2) is 7.17. The molecule has 2 aromatic heterocycles. The van der Waals surface area contributed by atoms with E-state index in [0.717, 1.165) is 39.3 Å². The van der Waals surface area contributed by atoms with Crippen LogP contribution in [0.2, 0.25) is 5.02 Å². The number of hydrogen-bond donors (Lipinski definition) is 0. The van der Waals surface area contributed by atoms with Crippen molar-refractivity contribution in [3.8, 4) is 0 Å². The number of benzene rings is 1. The van der Waals surface area contributed by atoms with E-state index in [9.17, 15) is 4.79 Å². The largest absolute Gasteiger partial charge is 0.464 e. The van der Waals surface area contributed by atoms with Crippen molar-refractivity contribution >= 4 is 44.7 Å². The van der Waals surface area contributed by atoms with Crippen LogP contribution in [0.15, 0.2) is 36.4 Å². The molecule has 0 atom stereocenters. The number of rotatable bonds is 4. The number of ether oxygens (including phenoxy) is 1. The molecule has 0 saturated heterocycles. The number of allylic oxidation sites excluding steroid dienone is 2. The molecular weight excluding hydrogens is 368 g/mol. The van der Waals surface area contributed by atoms with Gasteiger partial charge in [0.05, 0.1) is 17.3 Å². The van der Waals surface area contributed by atoms with Gasteiger partial charge in [-0.25, -0.2) is 14.8 Å². The first kappa shape index (κ1) is 17.2. The average Bonchev–Trinajstić information content (AvgIpc) is 3.30. The molecule has 2 heterocycles. The molecule has 0 aliphatic heterocycles. The van der Waals surface area contributed by atoms with Gasteiger partial charge in [-0.15, -0.1) is 11.3 Å². The standard InChI is InChI=1S/C20H17ClN2O2S/c1-25-20(24)16-8-4-7-15(22-16)10-13-9-14(21)11-17-18(13)23-19(26-17)12-5-2-3-6-12/h4-5,7-9,11H,2-3,6,10H2,1H3. The monoisotopic (exact) mass is 384 g/mol. The SMILES string of the molecule is COC(=O)c1cccc(Cc2cc(Cl)cc3sc(C4=CCCC4)nc23)n1. The molecule has 0 spiro atoms. The fourth-order valence-corrected chi connectivity index (χ4v) is 4.62. The zero-order valence-corrected chi connectivity index (χ0v) is 15.9. The van der Waals surface area contributed by atoms with E-state index in [2.05, 4.69) is 11.1 Å². The summed E-state index contributed by atoms with van der Waals surface area (Å²) >= 11 is 8.02. The van der Waals surface area contributed by atoms with Crippen molar-refractivity contribution in [2.45, 2.75) is 25.7 Å². The van der Waals surface area contributed by atoms with Crippen LogP contribution in [0.1, 0.15) is 46.0 Å². The quantitative estimate of drug-likeness (QED) is 0.573. The third-order valence-electron chi connectivity index (χ3n) is 4.43. The minimum atomic E-state index is -0.438. The predicted octanol–water partition coefficient (Wildman–Crippen LogP) is 5.29. The van der Waals surface area contributed by atoms with Gasteiger partial charge in [0, 0.05) is 17.1 Å². The lowest BCUT2D eigenvalue weighted by Gasteiger charge is -2.05. The van der Waals surface area contributed by atoms with E-state index in [0.29, 0.717) is 17.1 Å². The van der Waals surface area contributed by atoms with E-state index in [1.54, 1.807) is 17.4 Å². The Labute approximate surface area is 160 Å². The molecule has 4 nitrogen and oxygen atoms in total. The maximum absolute atomic E-state index is 11.7. The highest BCUT2D eigenvalue weighted by Crippen LogP contribution is 2.36. The highest BCUT2D eigenvalue weighted by atomic mass is 35.5. The van der Waals surface area contributed by atoms with Crippen LogP contribution < -0.4 is 0 Å². The molecule has 132 valence electrons. The first-order valence-electron chi connectivity index (χ1n) is 8.46. The fourth-order valence-electron chi connectivity index (χ4n) is 3.19. The summed E-state index contributed by atoms with van der Waals surface area (Å²) in [4.78, 5) is 21.0. The molecule has 0 saturated carbocycles. The molecule has 26 heavy (non-hydrogen) atoms. The van der Waals surface area contributed by atoms with Gasteiger partial charge in [0.25, 0.3) is 0 Å². The third-order valence-corrected chi connectivity index (χ3v) is 5.72. The second-order valence-electron chi connectivity index (χ2n) is 6.23. The lowest BCUT2D eigenvalue weighted by Crippen LogP contribution is -2.06. The highest BCUT2D eigenvalue weighted by molar-refractivity contribution is 7.19. The highest BCUT2D eigenvalue weighted by Gasteiger charge is 2.16. The van der Waals surface area contributed by atoms with Crippen LogP contribution in [0.25, 0.3) is 15.8 Å². The lowest BCUT2D eigenvalue weighted by molar-refractivity contribution is 0.0593. The molecule has 1 aliphatic rings. The normalized spacial score (nSPS) is 13.8. The molecule has 0 bridgehead atoms. The number of methoxy groups -OCH3 is 1. The van der Waals surface area contributed by atoms with E-state index < -0.39 is 5.97 Å². The number of fused-ring (bicyclic) bond motifs is 1. The molecule has 0 unspecified atom stereocenters. The Morgan fingerprint density at radius 3 is 2.96 bits per heavy atom. The van der Waals surface area contributed by atoms with E-state index >= 15 is 0 Å². The van der Waals surface area contributed by atoms with Crippen molar-refractivity contribution in [1.29, 1.82) is 0 Å². The Kier molecular flexibility index (Phi) is 4.74. The molecule has 4 rings (SSSR count). The summed E-state index contributed by atoms with van der Waals surface area (Å²) in [7, 11) is 1.35. The van der Waals surface area contributed by atoms with Crippen LogP contribution in [-0.4, -0.2) is 23.0 Å². The molecule has 0 fully saturated rings. The average molecular weight is 385 g/mol. The van der Waals surface area contributed by atoms with Gasteiger partial charge in [-0.2, -0.15) is 0 Å². The molecule has 0 N–H and O–H groups in total. The Bertz CT molecular complexity index is 1030. The summed E-state index contributed by atoms with van der Waals surface area (Å²) in [6, 6.07) is 9.26. The maximum Gasteiger partial charge on any atom is 0.356 e. The van der Waals surface area contributed by atoms with Crippen molar-refractivity contribution in [2.24, 2.45) is 0 Å². The van der Waals surface area contributed by atoms with Crippen LogP contribution >= 0.6 is 22.9 Å². The lowest BCUT2D eigenvalue weighted by atomic mass is 10.1. The molecule has 1 aliphatic carbocycles. The first-order valence-corrected chi connectivity index (χ1v) is 9.66. The van der Waals surface area contributed by atoms with Crippen LogP contribution in [0, 0.1) is 0 Å².